The van der Waals surface area contributed by atoms with E-state index in [1.807, 2.05) is 0 Å². The van der Waals surface area contributed by atoms with Gasteiger partial charge in [-0.15, -0.1) is 0 Å². The third-order valence-electron chi connectivity index (χ3n) is 2.95. The zero-order valence-electron chi connectivity index (χ0n) is 10.3. The summed E-state index contributed by atoms with van der Waals surface area (Å²) >= 11 is 0. The van der Waals surface area contributed by atoms with E-state index in [-0.39, 0.29) is 5.56 Å². The average molecular weight is 284 g/mol. The van der Waals surface area contributed by atoms with Gasteiger partial charge in [-0.05, 0) is 23.8 Å². The first-order valence-corrected chi connectivity index (χ1v) is 5.81. The second kappa shape index (κ2) is 5.60. The highest BCUT2D eigenvalue weighted by Crippen LogP contribution is 2.31. The monoisotopic (exact) mass is 284 g/mol. The van der Waals surface area contributed by atoms with Crippen molar-refractivity contribution in [3.05, 3.63) is 71.0 Å². The molecule has 20 heavy (non-hydrogen) atoms. The van der Waals surface area contributed by atoms with E-state index in [2.05, 4.69) is 5.43 Å². The Morgan fingerprint density at radius 2 is 1.55 bits per heavy atom. The molecule has 2 nitrogen and oxygen atoms in total. The Morgan fingerprint density at radius 1 is 0.950 bits per heavy atom. The van der Waals surface area contributed by atoms with Gasteiger partial charge in [0.2, 0.25) is 0 Å². The fourth-order valence-electron chi connectivity index (χ4n) is 1.94. The molecule has 106 valence electrons. The fourth-order valence-corrected chi connectivity index (χ4v) is 1.94. The lowest BCUT2D eigenvalue weighted by molar-refractivity contribution is -0.137. The number of hydrogen-bond acceptors (Lipinski definition) is 2. The molecule has 1 unspecified atom stereocenters. The molecule has 2 rings (SSSR count). The molecule has 0 radical (unpaired) electrons. The van der Waals surface area contributed by atoms with E-state index in [0.717, 1.165) is 12.1 Å². The lowest BCUT2D eigenvalue weighted by Gasteiger charge is -2.18. The molecule has 0 aliphatic carbocycles. The van der Waals surface area contributed by atoms with Gasteiger partial charge in [0, 0.05) is 5.56 Å². The van der Waals surface area contributed by atoms with Crippen molar-refractivity contribution in [2.24, 2.45) is 5.84 Å². The summed E-state index contributed by atoms with van der Waals surface area (Å²) < 4.78 is 51.2. The Hall–Kier alpha value is -1.92. The van der Waals surface area contributed by atoms with Crippen LogP contribution in [0.4, 0.5) is 17.6 Å². The zero-order chi connectivity index (χ0) is 14.8. The van der Waals surface area contributed by atoms with E-state index in [1.54, 1.807) is 6.07 Å². The van der Waals surface area contributed by atoms with Crippen LogP contribution in [0.5, 0.6) is 0 Å². The van der Waals surface area contributed by atoms with E-state index in [4.69, 9.17) is 5.84 Å². The summed E-state index contributed by atoms with van der Waals surface area (Å²) in [6.07, 6.45) is -4.40. The second-order valence-corrected chi connectivity index (χ2v) is 4.24. The lowest BCUT2D eigenvalue weighted by Crippen LogP contribution is -2.29. The SMILES string of the molecule is NNC(c1ccc(C(F)(F)F)cc1)c1ccccc1F. The molecule has 0 saturated carbocycles. The van der Waals surface area contributed by atoms with Gasteiger partial charge in [0.25, 0.3) is 0 Å². The molecule has 0 saturated heterocycles. The Labute approximate surface area is 113 Å². The van der Waals surface area contributed by atoms with Crippen molar-refractivity contribution in [1.82, 2.24) is 5.43 Å². The molecular formula is C14H12F4N2. The molecule has 0 heterocycles. The molecule has 0 fully saturated rings. The van der Waals surface area contributed by atoms with Crippen molar-refractivity contribution in [3.63, 3.8) is 0 Å². The Bertz CT molecular complexity index is 578. The van der Waals surface area contributed by atoms with Crippen LogP contribution in [0.2, 0.25) is 0 Å². The number of hydrazine groups is 1. The number of rotatable bonds is 3. The number of alkyl halides is 3. The molecule has 0 aliphatic heterocycles. The van der Waals surface area contributed by atoms with Gasteiger partial charge in [0.05, 0.1) is 11.6 Å². The van der Waals surface area contributed by atoms with Crippen LogP contribution in [0.3, 0.4) is 0 Å². The number of nitrogens with one attached hydrogen (secondary N) is 1. The highest BCUT2D eigenvalue weighted by Gasteiger charge is 2.30. The third-order valence-corrected chi connectivity index (χ3v) is 2.95. The Balaban J connectivity index is 2.36. The van der Waals surface area contributed by atoms with Crippen LogP contribution in [-0.4, -0.2) is 0 Å². The van der Waals surface area contributed by atoms with E-state index in [9.17, 15) is 17.6 Å². The van der Waals surface area contributed by atoms with Crippen LogP contribution in [0.15, 0.2) is 48.5 Å². The number of hydrogen-bond donors (Lipinski definition) is 2. The Kier molecular flexibility index (Phi) is 4.06. The van der Waals surface area contributed by atoms with Crippen LogP contribution in [-0.2, 0) is 6.18 Å². The van der Waals surface area contributed by atoms with Crippen molar-refractivity contribution < 1.29 is 17.6 Å². The first-order chi connectivity index (χ1) is 9.43. The quantitative estimate of drug-likeness (QED) is 0.515. The summed E-state index contributed by atoms with van der Waals surface area (Å²) in [6, 6.07) is 9.69. The van der Waals surface area contributed by atoms with E-state index < -0.39 is 23.6 Å². The number of nitrogens with two attached hydrogens (primary N) is 1. The van der Waals surface area contributed by atoms with Gasteiger partial charge in [-0.1, -0.05) is 30.3 Å². The van der Waals surface area contributed by atoms with Crippen LogP contribution < -0.4 is 11.3 Å². The highest BCUT2D eigenvalue weighted by molar-refractivity contribution is 5.34. The molecule has 0 aromatic heterocycles. The second-order valence-electron chi connectivity index (χ2n) is 4.24. The Morgan fingerprint density at radius 3 is 2.05 bits per heavy atom. The minimum absolute atomic E-state index is 0.273. The molecule has 0 aliphatic rings. The standard InChI is InChI=1S/C14H12F4N2/c15-12-4-2-1-3-11(12)13(20-19)9-5-7-10(8-6-9)14(16,17)18/h1-8,13,20H,19H2. The molecule has 3 N–H and O–H groups in total. The number of halogens is 4. The van der Waals surface area contributed by atoms with Gasteiger partial charge < -0.3 is 0 Å². The maximum absolute atomic E-state index is 13.7. The minimum atomic E-state index is -4.40. The molecule has 1 atom stereocenters. The maximum Gasteiger partial charge on any atom is 0.416 e. The molecule has 0 spiro atoms. The zero-order valence-corrected chi connectivity index (χ0v) is 10.3. The highest BCUT2D eigenvalue weighted by atomic mass is 19.4. The van der Waals surface area contributed by atoms with Crippen molar-refractivity contribution >= 4 is 0 Å². The van der Waals surface area contributed by atoms with Gasteiger partial charge >= 0.3 is 6.18 Å². The summed E-state index contributed by atoms with van der Waals surface area (Å²) in [6.45, 7) is 0. The van der Waals surface area contributed by atoms with Crippen molar-refractivity contribution in [2.75, 3.05) is 0 Å². The van der Waals surface area contributed by atoms with Crippen molar-refractivity contribution in [3.8, 4) is 0 Å². The molecular weight excluding hydrogens is 272 g/mol. The fraction of sp³-hybridized carbons (Fsp3) is 0.143. The van der Waals surface area contributed by atoms with Gasteiger partial charge in [-0.25, -0.2) is 9.82 Å². The van der Waals surface area contributed by atoms with Gasteiger partial charge in [-0.2, -0.15) is 13.2 Å². The predicted octanol–water partition coefficient (Wildman–Crippen LogP) is 3.40. The van der Waals surface area contributed by atoms with E-state index >= 15 is 0 Å². The average Bonchev–Trinajstić information content (AvgIpc) is 2.41. The van der Waals surface area contributed by atoms with Crippen molar-refractivity contribution in [2.45, 2.75) is 12.2 Å². The summed E-state index contributed by atoms with van der Waals surface area (Å²) in [5.74, 6) is 4.91. The molecule has 6 heteroatoms. The summed E-state index contributed by atoms with van der Waals surface area (Å²) in [7, 11) is 0. The maximum atomic E-state index is 13.7. The van der Waals surface area contributed by atoms with Crippen LogP contribution >= 0.6 is 0 Å². The molecule has 0 amide bonds. The molecule has 0 bridgehead atoms. The normalized spacial score (nSPS) is 13.2. The summed E-state index contributed by atoms with van der Waals surface area (Å²) in [4.78, 5) is 0. The molecule has 2 aromatic rings. The van der Waals surface area contributed by atoms with Crippen molar-refractivity contribution in [1.29, 1.82) is 0 Å². The largest absolute Gasteiger partial charge is 0.416 e. The first-order valence-electron chi connectivity index (χ1n) is 5.81. The summed E-state index contributed by atoms with van der Waals surface area (Å²) in [5, 5.41) is 0. The topological polar surface area (TPSA) is 38.0 Å². The van der Waals surface area contributed by atoms with Crippen LogP contribution in [0.25, 0.3) is 0 Å². The number of benzene rings is 2. The summed E-state index contributed by atoms with van der Waals surface area (Å²) in [5.41, 5.74) is 2.38. The van der Waals surface area contributed by atoms with E-state index in [1.165, 1.54) is 30.3 Å². The van der Waals surface area contributed by atoms with Crippen LogP contribution in [0.1, 0.15) is 22.7 Å². The minimum Gasteiger partial charge on any atom is -0.271 e. The van der Waals surface area contributed by atoms with Crippen LogP contribution in [0, 0.1) is 5.82 Å². The third kappa shape index (κ3) is 2.97. The van der Waals surface area contributed by atoms with Gasteiger partial charge in [-0.3, -0.25) is 5.84 Å². The van der Waals surface area contributed by atoms with E-state index in [0.29, 0.717) is 5.56 Å². The lowest BCUT2D eigenvalue weighted by atomic mass is 9.98. The van der Waals surface area contributed by atoms with Gasteiger partial charge in [0.15, 0.2) is 0 Å². The van der Waals surface area contributed by atoms with Gasteiger partial charge in [0.1, 0.15) is 5.82 Å². The predicted molar refractivity (Wildman–Crippen MR) is 67.0 cm³/mol. The smallest absolute Gasteiger partial charge is 0.271 e. The molecule has 2 aromatic carbocycles. The first kappa shape index (κ1) is 14.5.